The van der Waals surface area contributed by atoms with Gasteiger partial charge in [0, 0.05) is 46.8 Å². The molecule has 1 aliphatic rings. The van der Waals surface area contributed by atoms with Crippen molar-refractivity contribution < 1.29 is 4.74 Å². The molecule has 1 unspecified atom stereocenters. The Kier molecular flexibility index (Phi) is 4.57. The van der Waals surface area contributed by atoms with E-state index < -0.39 is 0 Å². The molecule has 2 aromatic carbocycles. The second kappa shape index (κ2) is 7.39. The molecule has 0 bridgehead atoms. The van der Waals surface area contributed by atoms with Crippen LogP contribution in [0, 0.1) is 18.3 Å². The van der Waals surface area contributed by atoms with Crippen LogP contribution in [0.3, 0.4) is 0 Å². The Morgan fingerprint density at radius 2 is 2.27 bits per heavy atom. The van der Waals surface area contributed by atoms with Gasteiger partial charge < -0.3 is 20.4 Å². The highest BCUT2D eigenvalue weighted by molar-refractivity contribution is 5.93. The molecular formula is C23H24N6O. The summed E-state index contributed by atoms with van der Waals surface area (Å²) in [6.07, 6.45) is 5.03. The summed E-state index contributed by atoms with van der Waals surface area (Å²) in [4.78, 5) is 3.32. The molecule has 0 aliphatic carbocycles. The number of rotatable bonds is 5. The number of hydrogen-bond acceptors (Lipinski definition) is 5. The lowest BCUT2D eigenvalue weighted by atomic mass is 10.0. The largest absolute Gasteiger partial charge is 0.496 e. The van der Waals surface area contributed by atoms with Crippen LogP contribution in [-0.4, -0.2) is 41.0 Å². The number of fused-ring (bicyclic) bond motifs is 2. The summed E-state index contributed by atoms with van der Waals surface area (Å²) in [5, 5.41) is 23.5. The van der Waals surface area contributed by atoms with Gasteiger partial charge in [0.25, 0.3) is 0 Å². The predicted molar refractivity (Wildman–Crippen MR) is 118 cm³/mol. The van der Waals surface area contributed by atoms with Crippen molar-refractivity contribution in [3.05, 3.63) is 53.3 Å². The number of methoxy groups -OCH3 is 1. The second-order valence-corrected chi connectivity index (χ2v) is 7.84. The van der Waals surface area contributed by atoms with Crippen molar-refractivity contribution in [2.75, 3.05) is 25.5 Å². The summed E-state index contributed by atoms with van der Waals surface area (Å²) < 4.78 is 7.62. The monoisotopic (exact) mass is 400 g/mol. The number of anilines is 1. The topological polar surface area (TPSA) is 90.7 Å². The Labute approximate surface area is 174 Å². The number of hydrogen-bond donors (Lipinski definition) is 3. The average Bonchev–Trinajstić information content (AvgIpc) is 3.50. The number of H-pyrrole nitrogens is 1. The minimum absolute atomic E-state index is 0.310. The van der Waals surface area contributed by atoms with Crippen LogP contribution in [0.2, 0.25) is 0 Å². The van der Waals surface area contributed by atoms with Crippen LogP contribution in [0.25, 0.3) is 21.8 Å². The van der Waals surface area contributed by atoms with Crippen molar-refractivity contribution >= 4 is 27.5 Å². The number of aromatic amines is 1. The Hall–Kier alpha value is -3.50. The SMILES string of the molecule is COc1cc(C)c2[nH]ccc2c1Cn1cc2ccc(C#N)c(NC3CCNC3)c2n1. The van der Waals surface area contributed by atoms with Crippen molar-refractivity contribution in [3.63, 3.8) is 0 Å². The molecule has 7 nitrogen and oxygen atoms in total. The number of nitrogens with one attached hydrogen (secondary N) is 3. The van der Waals surface area contributed by atoms with Crippen molar-refractivity contribution in [2.24, 2.45) is 0 Å². The van der Waals surface area contributed by atoms with Gasteiger partial charge in [0.2, 0.25) is 0 Å². The zero-order valence-corrected chi connectivity index (χ0v) is 17.1. The molecule has 0 radical (unpaired) electrons. The van der Waals surface area contributed by atoms with Crippen LogP contribution in [0.1, 0.15) is 23.1 Å². The van der Waals surface area contributed by atoms with Crippen molar-refractivity contribution in [2.45, 2.75) is 25.9 Å². The van der Waals surface area contributed by atoms with E-state index in [9.17, 15) is 5.26 Å². The molecule has 7 heteroatoms. The van der Waals surface area contributed by atoms with E-state index in [4.69, 9.17) is 9.84 Å². The van der Waals surface area contributed by atoms with Crippen LogP contribution in [0.5, 0.6) is 5.75 Å². The summed E-state index contributed by atoms with van der Waals surface area (Å²) in [6.45, 7) is 4.54. The van der Waals surface area contributed by atoms with Gasteiger partial charge in [-0.1, -0.05) is 0 Å². The number of aryl methyl sites for hydroxylation is 1. The predicted octanol–water partition coefficient (Wildman–Crippen LogP) is 3.53. The van der Waals surface area contributed by atoms with E-state index in [0.717, 1.165) is 63.9 Å². The zero-order chi connectivity index (χ0) is 20.7. The van der Waals surface area contributed by atoms with E-state index in [1.807, 2.05) is 29.2 Å². The van der Waals surface area contributed by atoms with Gasteiger partial charge in [0.05, 0.1) is 24.9 Å². The molecule has 30 heavy (non-hydrogen) atoms. The standard InChI is InChI=1S/C23H24N6O/c1-14-9-20(30-2)19(18-6-8-26-21(14)18)13-29-12-16-4-3-15(10-24)22(23(16)28-29)27-17-5-7-25-11-17/h3-4,6,8-9,12,17,25-27H,5,7,11,13H2,1-2H3. The lowest BCUT2D eigenvalue weighted by molar-refractivity contribution is 0.408. The summed E-state index contributed by atoms with van der Waals surface area (Å²) in [5.41, 5.74) is 5.63. The number of ether oxygens (including phenoxy) is 1. The number of benzene rings is 2. The molecule has 1 aliphatic heterocycles. The van der Waals surface area contributed by atoms with E-state index in [1.165, 1.54) is 0 Å². The van der Waals surface area contributed by atoms with Gasteiger partial charge in [-0.05, 0) is 49.7 Å². The molecule has 0 spiro atoms. The van der Waals surface area contributed by atoms with Crippen LogP contribution in [0.4, 0.5) is 5.69 Å². The molecule has 1 saturated heterocycles. The van der Waals surface area contributed by atoms with Crippen molar-refractivity contribution in [3.8, 4) is 11.8 Å². The van der Waals surface area contributed by atoms with Gasteiger partial charge in [0.1, 0.15) is 17.3 Å². The fraction of sp³-hybridized carbons (Fsp3) is 0.304. The first-order chi connectivity index (χ1) is 14.7. The summed E-state index contributed by atoms with van der Waals surface area (Å²) in [5.74, 6) is 0.854. The second-order valence-electron chi connectivity index (χ2n) is 7.84. The third-order valence-electron chi connectivity index (χ3n) is 5.91. The minimum atomic E-state index is 0.310. The maximum absolute atomic E-state index is 9.62. The highest BCUT2D eigenvalue weighted by Crippen LogP contribution is 2.32. The zero-order valence-electron chi connectivity index (χ0n) is 17.1. The highest BCUT2D eigenvalue weighted by Gasteiger charge is 2.19. The van der Waals surface area contributed by atoms with E-state index in [0.29, 0.717) is 18.2 Å². The van der Waals surface area contributed by atoms with Crippen LogP contribution in [-0.2, 0) is 6.54 Å². The summed E-state index contributed by atoms with van der Waals surface area (Å²) in [6, 6.07) is 10.6. The molecule has 1 atom stereocenters. The third kappa shape index (κ3) is 3.06. The number of aromatic nitrogens is 3. The molecule has 152 valence electrons. The van der Waals surface area contributed by atoms with Gasteiger partial charge in [-0.2, -0.15) is 10.4 Å². The molecule has 0 amide bonds. The summed E-state index contributed by atoms with van der Waals surface area (Å²) in [7, 11) is 1.70. The maximum atomic E-state index is 9.62. The van der Waals surface area contributed by atoms with E-state index in [-0.39, 0.29) is 0 Å². The van der Waals surface area contributed by atoms with E-state index >= 15 is 0 Å². The molecule has 0 saturated carbocycles. The first-order valence-corrected chi connectivity index (χ1v) is 10.2. The lowest BCUT2D eigenvalue weighted by Crippen LogP contribution is -2.22. The van der Waals surface area contributed by atoms with Crippen LogP contribution < -0.4 is 15.4 Å². The third-order valence-corrected chi connectivity index (χ3v) is 5.91. The molecule has 1 fully saturated rings. The van der Waals surface area contributed by atoms with E-state index in [2.05, 4.69) is 40.7 Å². The molecule has 4 aromatic rings. The first-order valence-electron chi connectivity index (χ1n) is 10.2. The normalized spacial score (nSPS) is 16.2. The molecule has 2 aromatic heterocycles. The summed E-state index contributed by atoms with van der Waals surface area (Å²) >= 11 is 0. The Morgan fingerprint density at radius 1 is 1.37 bits per heavy atom. The Balaban J connectivity index is 1.58. The van der Waals surface area contributed by atoms with Gasteiger partial charge >= 0.3 is 0 Å². The van der Waals surface area contributed by atoms with Crippen LogP contribution in [0.15, 0.2) is 36.7 Å². The van der Waals surface area contributed by atoms with Crippen molar-refractivity contribution in [1.29, 1.82) is 5.26 Å². The van der Waals surface area contributed by atoms with Gasteiger partial charge in [0.15, 0.2) is 0 Å². The fourth-order valence-electron chi connectivity index (χ4n) is 4.38. The Morgan fingerprint density at radius 3 is 3.03 bits per heavy atom. The quantitative estimate of drug-likeness (QED) is 0.477. The molecular weight excluding hydrogens is 376 g/mol. The number of nitriles is 1. The van der Waals surface area contributed by atoms with E-state index in [1.54, 1.807) is 7.11 Å². The van der Waals surface area contributed by atoms with Crippen molar-refractivity contribution in [1.82, 2.24) is 20.1 Å². The van der Waals surface area contributed by atoms with Gasteiger partial charge in [-0.3, -0.25) is 4.68 Å². The minimum Gasteiger partial charge on any atom is -0.496 e. The lowest BCUT2D eigenvalue weighted by Gasteiger charge is -2.14. The molecule has 5 rings (SSSR count). The molecule has 3 N–H and O–H groups in total. The number of nitrogens with zero attached hydrogens (tertiary/aromatic N) is 3. The molecule has 3 heterocycles. The van der Waals surface area contributed by atoms with Gasteiger partial charge in [-0.15, -0.1) is 0 Å². The smallest absolute Gasteiger partial charge is 0.124 e. The fourth-order valence-corrected chi connectivity index (χ4v) is 4.38. The van der Waals surface area contributed by atoms with Crippen LogP contribution >= 0.6 is 0 Å². The average molecular weight is 400 g/mol. The maximum Gasteiger partial charge on any atom is 0.124 e. The first kappa shape index (κ1) is 18.5. The highest BCUT2D eigenvalue weighted by atomic mass is 16.5. The van der Waals surface area contributed by atoms with Gasteiger partial charge in [-0.25, -0.2) is 0 Å². The Bertz CT molecular complexity index is 1270.